The molecule has 0 spiro atoms. The van der Waals surface area contributed by atoms with Crippen molar-refractivity contribution in [1.82, 2.24) is 29.0 Å². The van der Waals surface area contributed by atoms with Crippen LogP contribution in [-0.2, 0) is 17.8 Å². The summed E-state index contributed by atoms with van der Waals surface area (Å²) >= 11 is 0. The Hall–Kier alpha value is -2.78. The summed E-state index contributed by atoms with van der Waals surface area (Å²) in [6.45, 7) is 6.73. The van der Waals surface area contributed by atoms with Crippen LogP contribution < -0.4 is 11.2 Å². The summed E-state index contributed by atoms with van der Waals surface area (Å²) in [6.07, 6.45) is 0.681. The van der Waals surface area contributed by atoms with Crippen molar-refractivity contribution in [1.29, 1.82) is 0 Å². The lowest BCUT2D eigenvalue weighted by Gasteiger charge is -2.26. The molecule has 1 aliphatic heterocycles. The molecule has 3 heterocycles. The van der Waals surface area contributed by atoms with Crippen LogP contribution in [-0.4, -0.2) is 61.9 Å². The number of ether oxygens (including phenoxy) is 1. The zero-order valence-electron chi connectivity index (χ0n) is 16.0. The van der Waals surface area contributed by atoms with Gasteiger partial charge in [0.1, 0.15) is 0 Å². The lowest BCUT2D eigenvalue weighted by molar-refractivity contribution is 0.0360. The van der Waals surface area contributed by atoms with E-state index in [1.807, 2.05) is 37.3 Å². The van der Waals surface area contributed by atoms with Crippen molar-refractivity contribution >= 4 is 11.2 Å². The van der Waals surface area contributed by atoms with Crippen LogP contribution in [0.5, 0.6) is 0 Å². The van der Waals surface area contributed by atoms with E-state index in [-0.39, 0.29) is 16.8 Å². The molecule has 1 saturated heterocycles. The molecule has 9 nitrogen and oxygen atoms in total. The molecule has 28 heavy (non-hydrogen) atoms. The first-order valence-corrected chi connectivity index (χ1v) is 9.65. The molecule has 1 aromatic carbocycles. The average Bonchev–Trinajstić information content (AvgIpc) is 3.15. The molecule has 9 heteroatoms. The summed E-state index contributed by atoms with van der Waals surface area (Å²) in [5.74, 6) is 0. The van der Waals surface area contributed by atoms with Gasteiger partial charge in [-0.1, -0.05) is 30.3 Å². The molecule has 3 aromatic rings. The Balaban J connectivity index is 1.84. The first kappa shape index (κ1) is 18.6. The SMILES string of the molecule is CCCn1c(=O)c2nnn(CCN3CCOCC3)c2n(-c2ccccc2)c1=O. The van der Waals surface area contributed by atoms with E-state index >= 15 is 0 Å². The van der Waals surface area contributed by atoms with Gasteiger partial charge in [0.25, 0.3) is 5.56 Å². The molecule has 0 unspecified atom stereocenters. The standard InChI is InChI=1S/C19H24N6O3/c1-2-8-23-18(26)16-17(25(19(23)27)15-6-4-3-5-7-15)24(21-20-16)10-9-22-11-13-28-14-12-22/h3-7H,2,8-14H2,1H3. The Kier molecular flexibility index (Phi) is 5.36. The maximum absolute atomic E-state index is 13.2. The van der Waals surface area contributed by atoms with Gasteiger partial charge in [-0.25, -0.2) is 14.0 Å². The predicted octanol–water partition coefficient (Wildman–Crippen LogP) is 0.486. The second kappa shape index (κ2) is 8.07. The van der Waals surface area contributed by atoms with Crippen LogP contribution in [0.2, 0.25) is 0 Å². The second-order valence-electron chi connectivity index (χ2n) is 6.85. The molecule has 4 rings (SSSR count). The molecule has 1 fully saturated rings. The molecule has 0 amide bonds. The number of para-hydroxylation sites is 1. The minimum absolute atomic E-state index is 0.221. The zero-order valence-corrected chi connectivity index (χ0v) is 16.0. The van der Waals surface area contributed by atoms with Gasteiger partial charge in [-0.05, 0) is 18.6 Å². The molecule has 0 saturated carbocycles. The highest BCUT2D eigenvalue weighted by Gasteiger charge is 2.20. The zero-order chi connectivity index (χ0) is 19.5. The van der Waals surface area contributed by atoms with Gasteiger partial charge in [0, 0.05) is 26.2 Å². The van der Waals surface area contributed by atoms with E-state index in [0.29, 0.717) is 44.1 Å². The van der Waals surface area contributed by atoms with E-state index in [4.69, 9.17) is 4.74 Å². The second-order valence-corrected chi connectivity index (χ2v) is 6.85. The van der Waals surface area contributed by atoms with Crippen molar-refractivity contribution in [2.75, 3.05) is 32.8 Å². The summed E-state index contributed by atoms with van der Waals surface area (Å²) in [5.41, 5.74) is 0.616. The van der Waals surface area contributed by atoms with E-state index in [1.54, 1.807) is 9.25 Å². The highest BCUT2D eigenvalue weighted by atomic mass is 16.5. The largest absolute Gasteiger partial charge is 0.379 e. The maximum Gasteiger partial charge on any atom is 0.337 e. The quantitative estimate of drug-likeness (QED) is 0.615. The number of hydrogen-bond acceptors (Lipinski definition) is 6. The molecular formula is C19H24N6O3. The lowest BCUT2D eigenvalue weighted by atomic mass is 10.3. The Morgan fingerprint density at radius 1 is 1.04 bits per heavy atom. The van der Waals surface area contributed by atoms with Gasteiger partial charge < -0.3 is 4.74 Å². The number of hydrogen-bond donors (Lipinski definition) is 0. The molecule has 0 N–H and O–H groups in total. The van der Waals surface area contributed by atoms with E-state index in [2.05, 4.69) is 15.2 Å². The fraction of sp³-hybridized carbons (Fsp3) is 0.474. The fourth-order valence-electron chi connectivity index (χ4n) is 3.54. The number of benzene rings is 1. The summed E-state index contributed by atoms with van der Waals surface area (Å²) in [4.78, 5) is 28.3. The molecule has 2 aromatic heterocycles. The summed E-state index contributed by atoms with van der Waals surface area (Å²) in [7, 11) is 0. The topological polar surface area (TPSA) is 87.2 Å². The molecule has 1 aliphatic rings. The Bertz CT molecular complexity index is 1060. The first-order chi connectivity index (χ1) is 13.7. The Morgan fingerprint density at radius 3 is 2.50 bits per heavy atom. The van der Waals surface area contributed by atoms with E-state index < -0.39 is 0 Å². The third-order valence-electron chi connectivity index (χ3n) is 4.98. The number of nitrogens with zero attached hydrogens (tertiary/aromatic N) is 6. The van der Waals surface area contributed by atoms with Crippen molar-refractivity contribution in [3.05, 3.63) is 51.2 Å². The van der Waals surface area contributed by atoms with Gasteiger partial charge in [-0.2, -0.15) is 0 Å². The van der Waals surface area contributed by atoms with Crippen LogP contribution in [0.1, 0.15) is 13.3 Å². The highest BCUT2D eigenvalue weighted by molar-refractivity contribution is 5.71. The monoisotopic (exact) mass is 384 g/mol. The molecule has 0 bridgehead atoms. The van der Waals surface area contributed by atoms with Crippen LogP contribution in [0.3, 0.4) is 0 Å². The van der Waals surface area contributed by atoms with Gasteiger partial charge in [0.05, 0.1) is 25.4 Å². The molecule has 0 atom stereocenters. The van der Waals surface area contributed by atoms with Crippen molar-refractivity contribution in [3.8, 4) is 5.69 Å². The number of rotatable bonds is 6. The normalized spacial score (nSPS) is 15.3. The van der Waals surface area contributed by atoms with Crippen molar-refractivity contribution in [2.24, 2.45) is 0 Å². The molecular weight excluding hydrogens is 360 g/mol. The van der Waals surface area contributed by atoms with Crippen LogP contribution in [0, 0.1) is 0 Å². The third kappa shape index (κ3) is 3.38. The fourth-order valence-corrected chi connectivity index (χ4v) is 3.54. The van der Waals surface area contributed by atoms with Crippen molar-refractivity contribution < 1.29 is 4.74 Å². The van der Waals surface area contributed by atoms with Crippen LogP contribution >= 0.6 is 0 Å². The third-order valence-corrected chi connectivity index (χ3v) is 4.98. The van der Waals surface area contributed by atoms with Crippen molar-refractivity contribution in [3.63, 3.8) is 0 Å². The highest BCUT2D eigenvalue weighted by Crippen LogP contribution is 2.12. The average molecular weight is 384 g/mol. The van der Waals surface area contributed by atoms with E-state index in [1.165, 1.54) is 4.57 Å². The number of aromatic nitrogens is 5. The lowest BCUT2D eigenvalue weighted by Crippen LogP contribution is -2.40. The Labute approximate surface area is 161 Å². The van der Waals surface area contributed by atoms with Gasteiger partial charge in [-0.15, -0.1) is 5.10 Å². The number of fused-ring (bicyclic) bond motifs is 1. The molecule has 148 valence electrons. The van der Waals surface area contributed by atoms with Gasteiger partial charge in [-0.3, -0.25) is 14.3 Å². The van der Waals surface area contributed by atoms with Gasteiger partial charge >= 0.3 is 5.69 Å². The van der Waals surface area contributed by atoms with Crippen molar-refractivity contribution in [2.45, 2.75) is 26.4 Å². The van der Waals surface area contributed by atoms with Gasteiger partial charge in [0.15, 0.2) is 11.2 Å². The summed E-state index contributed by atoms with van der Waals surface area (Å²) < 4.78 is 9.84. The first-order valence-electron chi connectivity index (χ1n) is 9.65. The van der Waals surface area contributed by atoms with E-state index in [9.17, 15) is 9.59 Å². The predicted molar refractivity (Wildman–Crippen MR) is 105 cm³/mol. The maximum atomic E-state index is 13.2. The molecule has 0 aliphatic carbocycles. The number of morpholine rings is 1. The van der Waals surface area contributed by atoms with E-state index in [0.717, 1.165) is 19.6 Å². The van der Waals surface area contributed by atoms with Crippen LogP contribution in [0.25, 0.3) is 16.9 Å². The smallest absolute Gasteiger partial charge is 0.337 e. The van der Waals surface area contributed by atoms with Gasteiger partial charge in [0.2, 0.25) is 0 Å². The van der Waals surface area contributed by atoms with Crippen LogP contribution in [0.4, 0.5) is 0 Å². The minimum Gasteiger partial charge on any atom is -0.379 e. The minimum atomic E-state index is -0.383. The van der Waals surface area contributed by atoms with Crippen LogP contribution in [0.15, 0.2) is 39.9 Å². The summed E-state index contributed by atoms with van der Waals surface area (Å²) in [5, 5.41) is 8.33. The molecule has 0 radical (unpaired) electrons. The Morgan fingerprint density at radius 2 is 1.79 bits per heavy atom. The summed E-state index contributed by atoms with van der Waals surface area (Å²) in [6, 6.07) is 9.32.